The van der Waals surface area contributed by atoms with Crippen LogP contribution in [0, 0.1) is 0 Å². The van der Waals surface area contributed by atoms with Gasteiger partial charge in [0.05, 0.1) is 19.4 Å². The second kappa shape index (κ2) is 6.43. The zero-order valence-electron chi connectivity index (χ0n) is 9.53. The van der Waals surface area contributed by atoms with Crippen LogP contribution in [0.2, 0.25) is 0 Å². The monoisotopic (exact) mass is 209 g/mol. The summed E-state index contributed by atoms with van der Waals surface area (Å²) in [4.78, 5) is 2.25. The highest BCUT2D eigenvalue weighted by Crippen LogP contribution is 2.06. The summed E-state index contributed by atoms with van der Waals surface area (Å²) in [7, 11) is 1.71. The van der Waals surface area contributed by atoms with Gasteiger partial charge >= 0.3 is 0 Å². The Balaban J connectivity index is 2.44. The van der Waals surface area contributed by atoms with Crippen molar-refractivity contribution >= 4 is 0 Å². The lowest BCUT2D eigenvalue weighted by atomic mass is 10.3. The molecule has 0 unspecified atom stereocenters. The first-order valence-electron chi connectivity index (χ1n) is 5.10. The van der Waals surface area contributed by atoms with Gasteiger partial charge in [-0.3, -0.25) is 4.90 Å². The van der Waals surface area contributed by atoms with E-state index in [2.05, 4.69) is 11.5 Å². The van der Waals surface area contributed by atoms with Crippen LogP contribution in [0.15, 0.2) is 35.0 Å². The number of ether oxygens (including phenoxy) is 1. The van der Waals surface area contributed by atoms with Crippen LogP contribution in [-0.4, -0.2) is 31.7 Å². The molecule has 0 fully saturated rings. The van der Waals surface area contributed by atoms with Crippen LogP contribution >= 0.6 is 0 Å². The predicted molar refractivity (Wildman–Crippen MR) is 60.7 cm³/mol. The number of rotatable bonds is 7. The number of furan rings is 1. The Morgan fingerprint density at radius 2 is 2.40 bits per heavy atom. The van der Waals surface area contributed by atoms with E-state index in [1.807, 2.05) is 19.1 Å². The van der Waals surface area contributed by atoms with Crippen molar-refractivity contribution in [3.05, 3.63) is 36.3 Å². The molecule has 0 aliphatic carbocycles. The Kier molecular flexibility index (Phi) is 5.15. The third kappa shape index (κ3) is 4.81. The Morgan fingerprint density at radius 3 is 2.93 bits per heavy atom. The quantitative estimate of drug-likeness (QED) is 0.644. The van der Waals surface area contributed by atoms with Crippen molar-refractivity contribution in [2.75, 3.05) is 26.8 Å². The summed E-state index contributed by atoms with van der Waals surface area (Å²) < 4.78 is 10.4. The van der Waals surface area contributed by atoms with Gasteiger partial charge in [-0.1, -0.05) is 12.2 Å². The van der Waals surface area contributed by atoms with Crippen molar-refractivity contribution in [2.24, 2.45) is 0 Å². The fourth-order valence-electron chi connectivity index (χ4n) is 1.44. The van der Waals surface area contributed by atoms with Gasteiger partial charge in [0, 0.05) is 20.2 Å². The van der Waals surface area contributed by atoms with Crippen LogP contribution in [0.5, 0.6) is 0 Å². The van der Waals surface area contributed by atoms with Crippen LogP contribution in [0.4, 0.5) is 0 Å². The van der Waals surface area contributed by atoms with Crippen molar-refractivity contribution in [3.63, 3.8) is 0 Å². The minimum Gasteiger partial charge on any atom is -0.468 e. The van der Waals surface area contributed by atoms with Gasteiger partial charge in [-0.05, 0) is 19.1 Å². The number of methoxy groups -OCH3 is 1. The first-order chi connectivity index (χ1) is 7.22. The fraction of sp³-hybridized carbons (Fsp3) is 0.500. The van der Waals surface area contributed by atoms with Gasteiger partial charge in [0.2, 0.25) is 0 Å². The van der Waals surface area contributed by atoms with E-state index in [9.17, 15) is 0 Å². The normalized spacial score (nSPS) is 10.9. The van der Waals surface area contributed by atoms with Crippen LogP contribution in [-0.2, 0) is 11.3 Å². The largest absolute Gasteiger partial charge is 0.468 e. The topological polar surface area (TPSA) is 25.6 Å². The maximum absolute atomic E-state index is 5.31. The lowest BCUT2D eigenvalue weighted by Crippen LogP contribution is -2.28. The SMILES string of the molecule is C=C(C)CN(CCOC)Cc1ccco1. The molecular weight excluding hydrogens is 190 g/mol. The van der Waals surface area contributed by atoms with Gasteiger partial charge in [-0.15, -0.1) is 0 Å². The van der Waals surface area contributed by atoms with Crippen LogP contribution in [0.1, 0.15) is 12.7 Å². The Hall–Kier alpha value is -1.06. The number of hydrogen-bond donors (Lipinski definition) is 0. The molecule has 1 aromatic rings. The van der Waals surface area contributed by atoms with E-state index in [-0.39, 0.29) is 0 Å². The summed E-state index contributed by atoms with van der Waals surface area (Å²) in [5, 5.41) is 0. The molecule has 0 radical (unpaired) electrons. The lowest BCUT2D eigenvalue weighted by Gasteiger charge is -2.20. The molecule has 0 atom stereocenters. The Morgan fingerprint density at radius 1 is 1.60 bits per heavy atom. The van der Waals surface area contributed by atoms with Crippen LogP contribution in [0.25, 0.3) is 0 Å². The average molecular weight is 209 g/mol. The van der Waals surface area contributed by atoms with Gasteiger partial charge in [0.1, 0.15) is 5.76 Å². The average Bonchev–Trinajstić information content (AvgIpc) is 2.66. The van der Waals surface area contributed by atoms with Crippen molar-refractivity contribution in [1.29, 1.82) is 0 Å². The van der Waals surface area contributed by atoms with Crippen molar-refractivity contribution < 1.29 is 9.15 Å². The molecule has 3 heteroatoms. The van der Waals surface area contributed by atoms with E-state index >= 15 is 0 Å². The van der Waals surface area contributed by atoms with Gasteiger partial charge in [-0.2, -0.15) is 0 Å². The first-order valence-corrected chi connectivity index (χ1v) is 5.10. The maximum atomic E-state index is 5.31. The maximum Gasteiger partial charge on any atom is 0.117 e. The molecule has 1 rings (SSSR count). The molecule has 1 heterocycles. The standard InChI is InChI=1S/C12H19NO2/c1-11(2)9-13(6-8-14-3)10-12-5-4-7-15-12/h4-5,7H,1,6,8-10H2,2-3H3. The third-order valence-corrected chi connectivity index (χ3v) is 2.06. The van der Waals surface area contributed by atoms with Gasteiger partial charge in [0.15, 0.2) is 0 Å². The van der Waals surface area contributed by atoms with Crippen LogP contribution in [0.3, 0.4) is 0 Å². The van der Waals surface area contributed by atoms with Crippen molar-refractivity contribution in [3.8, 4) is 0 Å². The molecule has 84 valence electrons. The van der Waals surface area contributed by atoms with Gasteiger partial charge in [0.25, 0.3) is 0 Å². The van der Waals surface area contributed by atoms with E-state index in [1.54, 1.807) is 13.4 Å². The molecular formula is C12H19NO2. The van der Waals surface area contributed by atoms with Gasteiger partial charge in [-0.25, -0.2) is 0 Å². The third-order valence-electron chi connectivity index (χ3n) is 2.06. The zero-order chi connectivity index (χ0) is 11.1. The molecule has 0 saturated heterocycles. The van der Waals surface area contributed by atoms with E-state index in [4.69, 9.17) is 9.15 Å². The fourth-order valence-corrected chi connectivity index (χ4v) is 1.44. The molecule has 0 bridgehead atoms. The predicted octanol–water partition coefficient (Wildman–Crippen LogP) is 2.30. The van der Waals surface area contributed by atoms with Gasteiger partial charge < -0.3 is 9.15 Å². The molecule has 0 aliphatic heterocycles. The minimum atomic E-state index is 0.730. The zero-order valence-corrected chi connectivity index (χ0v) is 9.53. The van der Waals surface area contributed by atoms with E-state index in [0.717, 1.165) is 37.6 Å². The molecule has 0 spiro atoms. The Bertz CT molecular complexity index is 280. The van der Waals surface area contributed by atoms with E-state index < -0.39 is 0 Å². The highest BCUT2D eigenvalue weighted by Gasteiger charge is 2.07. The smallest absolute Gasteiger partial charge is 0.117 e. The molecule has 0 N–H and O–H groups in total. The summed E-state index contributed by atoms with van der Waals surface area (Å²) >= 11 is 0. The summed E-state index contributed by atoms with van der Waals surface area (Å²) in [5.74, 6) is 0.979. The molecule has 0 aliphatic rings. The second-order valence-corrected chi connectivity index (χ2v) is 3.74. The number of hydrogen-bond acceptors (Lipinski definition) is 3. The second-order valence-electron chi connectivity index (χ2n) is 3.74. The summed E-state index contributed by atoms with van der Waals surface area (Å²) in [6.07, 6.45) is 1.70. The van der Waals surface area contributed by atoms with Crippen molar-refractivity contribution in [2.45, 2.75) is 13.5 Å². The molecule has 0 saturated carbocycles. The first kappa shape index (κ1) is 12.0. The summed E-state index contributed by atoms with van der Waals surface area (Å²) in [6.45, 7) is 9.26. The van der Waals surface area contributed by atoms with Crippen LogP contribution < -0.4 is 0 Å². The Labute approximate surface area is 91.3 Å². The molecule has 1 aromatic heterocycles. The van der Waals surface area contributed by atoms with Crippen molar-refractivity contribution in [1.82, 2.24) is 4.90 Å². The summed E-state index contributed by atoms with van der Waals surface area (Å²) in [5.41, 5.74) is 1.15. The number of nitrogens with zero attached hydrogens (tertiary/aromatic N) is 1. The summed E-state index contributed by atoms with van der Waals surface area (Å²) in [6, 6.07) is 3.89. The highest BCUT2D eigenvalue weighted by atomic mass is 16.5. The minimum absolute atomic E-state index is 0.730. The lowest BCUT2D eigenvalue weighted by molar-refractivity contribution is 0.145. The molecule has 0 aromatic carbocycles. The molecule has 15 heavy (non-hydrogen) atoms. The molecule has 0 amide bonds. The molecule has 3 nitrogen and oxygen atoms in total. The van der Waals surface area contributed by atoms with E-state index in [1.165, 1.54) is 0 Å². The highest BCUT2D eigenvalue weighted by molar-refractivity contribution is 5.00. The van der Waals surface area contributed by atoms with E-state index in [0.29, 0.717) is 0 Å².